The van der Waals surface area contributed by atoms with E-state index in [0.717, 1.165) is 23.0 Å². The molecule has 2 saturated carbocycles. The number of benzene rings is 2. The summed E-state index contributed by atoms with van der Waals surface area (Å²) in [7, 11) is 0. The van der Waals surface area contributed by atoms with Crippen LogP contribution >= 0.6 is 0 Å². The van der Waals surface area contributed by atoms with Crippen LogP contribution in [0.5, 0.6) is 11.5 Å². The zero-order chi connectivity index (χ0) is 52.2. The van der Waals surface area contributed by atoms with Crippen molar-refractivity contribution in [2.24, 2.45) is 11.3 Å². The highest BCUT2D eigenvalue weighted by atomic mass is 19.4. The number of anilines is 5. The second-order valence-corrected chi connectivity index (χ2v) is 17.8. The Morgan fingerprint density at radius 1 is 0.726 bits per heavy atom. The number of aryl methyl sites for hydroxylation is 2. The maximum absolute atomic E-state index is 14.4. The zero-order valence-electron chi connectivity index (χ0n) is 39.7. The number of amides is 1. The Labute approximate surface area is 415 Å². The average molecular weight is 1020 g/mol. The lowest BCUT2D eigenvalue weighted by atomic mass is 9.69. The van der Waals surface area contributed by atoms with Crippen molar-refractivity contribution >= 4 is 41.2 Å². The molecule has 5 aromatic heterocycles. The van der Waals surface area contributed by atoms with Crippen LogP contribution in [0.15, 0.2) is 102 Å². The molecule has 0 saturated heterocycles. The van der Waals surface area contributed by atoms with Gasteiger partial charge in [-0.05, 0) is 113 Å². The molecular weight excluding hydrogens is 962 g/mol. The largest absolute Gasteiger partial charge is 0.490 e. The number of carbonyl (C=O) groups excluding carboxylic acids is 1. The summed E-state index contributed by atoms with van der Waals surface area (Å²) in [5, 5.41) is 35.2. The first-order valence-corrected chi connectivity index (χ1v) is 23.1. The number of hydrogen-bond donors (Lipinski definition) is 8. The highest BCUT2D eigenvalue weighted by Gasteiger charge is 2.44. The minimum atomic E-state index is -5.08. The van der Waals surface area contributed by atoms with Gasteiger partial charge in [0.05, 0.1) is 35.4 Å². The molecule has 9 rings (SSSR count). The lowest BCUT2D eigenvalue weighted by molar-refractivity contribution is -0.192. The van der Waals surface area contributed by atoms with E-state index in [2.05, 4.69) is 51.6 Å². The first-order chi connectivity index (χ1) is 34.9. The van der Waals surface area contributed by atoms with Gasteiger partial charge >= 0.3 is 18.2 Å². The van der Waals surface area contributed by atoms with Crippen LogP contribution in [0.2, 0.25) is 0 Å². The fraction of sp³-hybridized carbons (Fsp3) is 0.347. The summed E-state index contributed by atoms with van der Waals surface area (Å²) >= 11 is 0. The topological polar surface area (TPSA) is 283 Å². The van der Waals surface area contributed by atoms with Crippen LogP contribution in [0.25, 0.3) is 0 Å². The number of halogens is 5. The zero-order valence-corrected chi connectivity index (χ0v) is 39.7. The molecule has 10 N–H and O–H groups in total. The Hall–Kier alpha value is -8.15. The molecule has 2 fully saturated rings. The molecule has 24 heteroatoms. The van der Waals surface area contributed by atoms with E-state index < -0.39 is 23.0 Å². The van der Waals surface area contributed by atoms with E-state index in [1.165, 1.54) is 0 Å². The van der Waals surface area contributed by atoms with Gasteiger partial charge in [-0.15, -0.1) is 5.10 Å². The summed E-state index contributed by atoms with van der Waals surface area (Å²) in [6, 6.07) is 25.5. The van der Waals surface area contributed by atoms with Gasteiger partial charge in [0.2, 0.25) is 11.8 Å². The Kier molecular flexibility index (Phi) is 16.9. The number of pyridine rings is 2. The van der Waals surface area contributed by atoms with Crippen molar-refractivity contribution in [1.82, 2.24) is 46.0 Å². The minimum absolute atomic E-state index is 0.0391. The molecule has 0 unspecified atom stereocenters. The number of ether oxygens (including phenoxy) is 2. The van der Waals surface area contributed by atoms with Crippen molar-refractivity contribution in [2.45, 2.75) is 102 Å². The summed E-state index contributed by atoms with van der Waals surface area (Å²) in [5.41, 5.74) is 9.73. The molecule has 73 heavy (non-hydrogen) atoms. The van der Waals surface area contributed by atoms with Gasteiger partial charge in [-0.25, -0.2) is 29.4 Å². The molecule has 0 radical (unpaired) electrons. The van der Waals surface area contributed by atoms with Crippen LogP contribution < -0.4 is 37.1 Å². The maximum Gasteiger partial charge on any atom is 0.490 e. The number of hydrazine groups is 1. The number of rotatable bonds is 14. The highest BCUT2D eigenvalue weighted by Crippen LogP contribution is 2.44. The standard InChI is InChI=1S/C24H26FN7O2.C23H27FN6O2.C2HF3O2/c1-15-4-2-6-18(21(15)25)33-17-8-11-24(12-9-17,22-31-32-23(26)34-22)14-16-5-3-7-19(28-16)29-20-10-13-27-30-20;1-15-4-2-6-18(21(15)24)32-17-8-11-23(12-9-17,22(31)29-25)14-16-5-3-7-19(27-16)28-20-10-13-26-30-20;3-2(4,5)1(6)7/h2-7,10,13,17H,8-9,11-12,14H2,1H3,(H2,26,32)(H2,27,28,29,30);2-7,10,13,17H,8-9,11-12,14,25H2,1H3,(H,29,31)(H2,26,27,28,30);(H,6,7). The van der Waals surface area contributed by atoms with E-state index in [0.29, 0.717) is 98.6 Å². The summed E-state index contributed by atoms with van der Waals surface area (Å²) in [6.45, 7) is 3.44. The predicted octanol–water partition coefficient (Wildman–Crippen LogP) is 8.63. The van der Waals surface area contributed by atoms with Gasteiger partial charge in [-0.1, -0.05) is 41.5 Å². The Morgan fingerprint density at radius 2 is 1.19 bits per heavy atom. The molecule has 7 aromatic rings. The van der Waals surface area contributed by atoms with Crippen molar-refractivity contribution in [1.29, 1.82) is 0 Å². The number of aromatic nitrogens is 8. The van der Waals surface area contributed by atoms with Gasteiger partial charge in [-0.3, -0.25) is 20.4 Å². The molecule has 1 amide bonds. The van der Waals surface area contributed by atoms with E-state index in [-0.39, 0.29) is 41.5 Å². The van der Waals surface area contributed by atoms with Gasteiger partial charge in [-0.2, -0.15) is 23.4 Å². The molecule has 0 bridgehead atoms. The third kappa shape index (κ3) is 13.8. The Balaban J connectivity index is 0.000000189. The van der Waals surface area contributed by atoms with Gasteiger partial charge in [0.15, 0.2) is 23.1 Å². The van der Waals surface area contributed by atoms with Crippen molar-refractivity contribution in [3.8, 4) is 11.5 Å². The Bertz CT molecular complexity index is 2900. The fourth-order valence-electron chi connectivity index (χ4n) is 8.77. The molecule has 2 aromatic carbocycles. The maximum atomic E-state index is 14.4. The molecule has 5 heterocycles. The van der Waals surface area contributed by atoms with Crippen molar-refractivity contribution in [2.75, 3.05) is 16.4 Å². The lowest BCUT2D eigenvalue weighted by Gasteiger charge is -2.38. The van der Waals surface area contributed by atoms with Crippen LogP contribution in [0.1, 0.15) is 79.8 Å². The average Bonchev–Trinajstić information content (AvgIpc) is 4.19. The van der Waals surface area contributed by atoms with Gasteiger partial charge in [0.25, 0.3) is 0 Å². The number of hydrogen-bond acceptors (Lipinski definition) is 15. The molecule has 0 atom stereocenters. The number of nitrogens with two attached hydrogens (primary N) is 2. The SMILES string of the molecule is Cc1cccc(OC2CCC(Cc3cccc(Nc4ccn[nH]4)n3)(C(=O)NN)CC2)c1F.Cc1cccc(OC2CCC(Cc3cccc(Nc4ccn[nH]4)n3)(c3nnc(N)o3)CC2)c1F.O=C(O)C(F)(F)F. The van der Waals surface area contributed by atoms with E-state index in [1.807, 2.05) is 42.5 Å². The quantitative estimate of drug-likeness (QED) is 0.0219. The number of carbonyl (C=O) groups is 2. The van der Waals surface area contributed by atoms with E-state index in [4.69, 9.17) is 40.4 Å². The van der Waals surface area contributed by atoms with Crippen molar-refractivity contribution in [3.05, 3.63) is 137 Å². The van der Waals surface area contributed by atoms with Crippen LogP contribution in [0, 0.1) is 30.9 Å². The number of H-pyrrole nitrogens is 2. The monoisotopic (exact) mass is 1020 g/mol. The minimum Gasteiger partial charge on any atom is -0.487 e. The second kappa shape index (κ2) is 23.4. The Morgan fingerprint density at radius 3 is 1.62 bits per heavy atom. The first-order valence-electron chi connectivity index (χ1n) is 23.1. The van der Waals surface area contributed by atoms with Gasteiger partial charge in [0, 0.05) is 36.4 Å². The number of nitrogens with one attached hydrogen (secondary N) is 5. The molecular formula is C49H54F5N13O6. The molecule has 0 aliphatic heterocycles. The first kappa shape index (κ1) is 52.7. The molecule has 0 spiro atoms. The molecule has 2 aliphatic carbocycles. The summed E-state index contributed by atoms with van der Waals surface area (Å²) in [6.07, 6.45) is 4.22. The summed E-state index contributed by atoms with van der Waals surface area (Å²) < 4.78 is 78.2. The molecule has 19 nitrogen and oxygen atoms in total. The number of aromatic amines is 2. The number of carboxylic acids is 1. The van der Waals surface area contributed by atoms with Crippen molar-refractivity contribution in [3.63, 3.8) is 0 Å². The lowest BCUT2D eigenvalue weighted by Crippen LogP contribution is -2.48. The van der Waals surface area contributed by atoms with Crippen LogP contribution in [-0.4, -0.2) is 75.9 Å². The van der Waals surface area contributed by atoms with E-state index in [9.17, 15) is 26.7 Å². The molecule has 2 aliphatic rings. The predicted molar refractivity (Wildman–Crippen MR) is 257 cm³/mol. The van der Waals surface area contributed by atoms with E-state index >= 15 is 0 Å². The highest BCUT2D eigenvalue weighted by molar-refractivity contribution is 5.82. The van der Waals surface area contributed by atoms with E-state index in [1.54, 1.807) is 68.7 Å². The third-order valence-electron chi connectivity index (χ3n) is 12.6. The van der Waals surface area contributed by atoms with Crippen LogP contribution in [0.4, 0.5) is 51.2 Å². The normalized spacial score (nSPS) is 19.5. The number of aliphatic carboxylic acids is 1. The van der Waals surface area contributed by atoms with Gasteiger partial charge in [0.1, 0.15) is 23.3 Å². The van der Waals surface area contributed by atoms with Gasteiger partial charge < -0.3 is 35.4 Å². The van der Waals surface area contributed by atoms with Crippen LogP contribution in [-0.2, 0) is 27.8 Å². The molecule has 386 valence electrons. The number of alkyl halides is 3. The fourth-order valence-corrected chi connectivity index (χ4v) is 8.77. The number of carboxylic acid groups (broad SMARTS) is 1. The van der Waals surface area contributed by atoms with Crippen LogP contribution in [0.3, 0.4) is 0 Å². The summed E-state index contributed by atoms with van der Waals surface area (Å²) in [4.78, 5) is 31.1. The third-order valence-corrected chi connectivity index (χ3v) is 12.6. The number of nitrogen functional groups attached to an aromatic ring is 1. The second-order valence-electron chi connectivity index (χ2n) is 17.8. The van der Waals surface area contributed by atoms with Crippen molar-refractivity contribution < 1.29 is 50.5 Å². The smallest absolute Gasteiger partial charge is 0.487 e. The number of nitrogens with zero attached hydrogens (tertiary/aromatic N) is 6. The summed E-state index contributed by atoms with van der Waals surface area (Å²) in [5.74, 6) is 5.79.